The van der Waals surface area contributed by atoms with Crippen molar-refractivity contribution in [3.8, 4) is 0 Å². The van der Waals surface area contributed by atoms with Crippen molar-refractivity contribution in [2.75, 3.05) is 18.5 Å². The SMILES string of the molecule is CN(CC(F)F)c1cc(Br)nc(C(C)(C)C)n1. The maximum Gasteiger partial charge on any atom is 0.255 e. The van der Waals surface area contributed by atoms with E-state index in [1.165, 1.54) is 4.90 Å². The Labute approximate surface area is 108 Å². The fraction of sp³-hybridized carbons (Fsp3) is 0.636. The fourth-order valence-corrected chi connectivity index (χ4v) is 1.61. The summed E-state index contributed by atoms with van der Waals surface area (Å²) in [5, 5.41) is 0. The first-order valence-electron chi connectivity index (χ1n) is 5.24. The largest absolute Gasteiger partial charge is 0.354 e. The molecule has 1 aromatic rings. The van der Waals surface area contributed by atoms with E-state index in [4.69, 9.17) is 0 Å². The van der Waals surface area contributed by atoms with E-state index in [0.717, 1.165) is 0 Å². The van der Waals surface area contributed by atoms with Crippen molar-refractivity contribution >= 4 is 21.7 Å². The van der Waals surface area contributed by atoms with Gasteiger partial charge in [0.15, 0.2) is 0 Å². The maximum atomic E-state index is 12.3. The van der Waals surface area contributed by atoms with Crippen molar-refractivity contribution in [1.29, 1.82) is 0 Å². The Morgan fingerprint density at radius 1 is 1.35 bits per heavy atom. The molecule has 0 aliphatic rings. The Morgan fingerprint density at radius 3 is 2.41 bits per heavy atom. The van der Waals surface area contributed by atoms with E-state index >= 15 is 0 Å². The van der Waals surface area contributed by atoms with Gasteiger partial charge in [-0.3, -0.25) is 0 Å². The van der Waals surface area contributed by atoms with Crippen molar-refractivity contribution in [3.63, 3.8) is 0 Å². The Morgan fingerprint density at radius 2 is 1.94 bits per heavy atom. The Bertz CT molecular complexity index is 391. The van der Waals surface area contributed by atoms with Gasteiger partial charge in [0.1, 0.15) is 16.2 Å². The number of hydrogen-bond donors (Lipinski definition) is 0. The highest BCUT2D eigenvalue weighted by atomic mass is 79.9. The van der Waals surface area contributed by atoms with Crippen LogP contribution in [0.5, 0.6) is 0 Å². The smallest absolute Gasteiger partial charge is 0.255 e. The summed E-state index contributed by atoms with van der Waals surface area (Å²) >= 11 is 3.27. The zero-order valence-electron chi connectivity index (χ0n) is 10.3. The highest BCUT2D eigenvalue weighted by Crippen LogP contribution is 2.24. The number of rotatable bonds is 3. The van der Waals surface area contributed by atoms with E-state index in [1.54, 1.807) is 13.1 Å². The number of anilines is 1. The first kappa shape index (κ1) is 14.3. The minimum Gasteiger partial charge on any atom is -0.354 e. The zero-order chi connectivity index (χ0) is 13.2. The molecule has 0 bridgehead atoms. The van der Waals surface area contributed by atoms with Gasteiger partial charge in [-0.2, -0.15) is 0 Å². The van der Waals surface area contributed by atoms with E-state index in [-0.39, 0.29) is 12.0 Å². The highest BCUT2D eigenvalue weighted by molar-refractivity contribution is 9.10. The van der Waals surface area contributed by atoms with Crippen LogP contribution in [0, 0.1) is 0 Å². The average molecular weight is 308 g/mol. The molecule has 0 unspecified atom stereocenters. The van der Waals surface area contributed by atoms with Crippen LogP contribution in [-0.4, -0.2) is 30.0 Å². The standard InChI is InChI=1S/C11H16BrF2N3/c1-11(2,3)10-15-7(12)5-9(16-10)17(4)6-8(13)14/h5,8H,6H2,1-4H3. The summed E-state index contributed by atoms with van der Waals surface area (Å²) in [6.45, 7) is 5.59. The molecule has 0 aliphatic carbocycles. The summed E-state index contributed by atoms with van der Waals surface area (Å²) in [5.41, 5.74) is -0.218. The lowest BCUT2D eigenvalue weighted by molar-refractivity contribution is 0.156. The van der Waals surface area contributed by atoms with E-state index in [9.17, 15) is 8.78 Å². The van der Waals surface area contributed by atoms with Crippen molar-refractivity contribution in [2.45, 2.75) is 32.6 Å². The molecule has 0 aromatic carbocycles. The third kappa shape index (κ3) is 4.18. The van der Waals surface area contributed by atoms with E-state index in [1.807, 2.05) is 20.8 Å². The molecule has 0 aliphatic heterocycles. The number of nitrogens with zero attached hydrogens (tertiary/aromatic N) is 3. The number of hydrogen-bond acceptors (Lipinski definition) is 3. The molecule has 0 radical (unpaired) electrons. The highest BCUT2D eigenvalue weighted by Gasteiger charge is 2.20. The summed E-state index contributed by atoms with van der Waals surface area (Å²) in [5.74, 6) is 1.13. The zero-order valence-corrected chi connectivity index (χ0v) is 11.9. The van der Waals surface area contributed by atoms with Gasteiger partial charge in [-0.25, -0.2) is 18.7 Å². The van der Waals surface area contributed by atoms with Crippen LogP contribution in [0.25, 0.3) is 0 Å². The van der Waals surface area contributed by atoms with Crippen LogP contribution in [0.4, 0.5) is 14.6 Å². The van der Waals surface area contributed by atoms with Crippen molar-refractivity contribution in [2.24, 2.45) is 0 Å². The third-order valence-electron chi connectivity index (χ3n) is 2.16. The minimum absolute atomic E-state index is 0.218. The van der Waals surface area contributed by atoms with Crippen LogP contribution in [0.2, 0.25) is 0 Å². The van der Waals surface area contributed by atoms with Gasteiger partial charge in [0.25, 0.3) is 6.43 Å². The molecule has 0 saturated heterocycles. The minimum atomic E-state index is -2.38. The Hall–Kier alpha value is -0.780. The second-order valence-electron chi connectivity index (χ2n) is 4.89. The summed E-state index contributed by atoms with van der Waals surface area (Å²) in [6.07, 6.45) is -2.38. The van der Waals surface area contributed by atoms with E-state index < -0.39 is 6.43 Å². The predicted octanol–water partition coefficient (Wildman–Crippen LogP) is 3.24. The predicted molar refractivity (Wildman–Crippen MR) is 67.7 cm³/mol. The molecule has 0 saturated carbocycles. The third-order valence-corrected chi connectivity index (χ3v) is 2.56. The quantitative estimate of drug-likeness (QED) is 0.803. The van der Waals surface area contributed by atoms with Gasteiger partial charge in [0.05, 0.1) is 6.54 Å². The van der Waals surface area contributed by atoms with Gasteiger partial charge in [-0.15, -0.1) is 0 Å². The average Bonchev–Trinajstić information content (AvgIpc) is 2.14. The molecule has 1 rings (SSSR count). The van der Waals surface area contributed by atoms with Gasteiger partial charge in [0, 0.05) is 18.5 Å². The lowest BCUT2D eigenvalue weighted by Crippen LogP contribution is -2.26. The van der Waals surface area contributed by atoms with E-state index in [0.29, 0.717) is 16.2 Å². The van der Waals surface area contributed by atoms with Crippen LogP contribution >= 0.6 is 15.9 Å². The van der Waals surface area contributed by atoms with Crippen LogP contribution < -0.4 is 4.90 Å². The topological polar surface area (TPSA) is 29.0 Å². The number of halogens is 3. The molecule has 1 aromatic heterocycles. The van der Waals surface area contributed by atoms with Crippen molar-refractivity contribution in [1.82, 2.24) is 9.97 Å². The van der Waals surface area contributed by atoms with Gasteiger partial charge in [0.2, 0.25) is 0 Å². The second kappa shape index (κ2) is 5.25. The first-order valence-corrected chi connectivity index (χ1v) is 6.04. The lowest BCUT2D eigenvalue weighted by Gasteiger charge is -2.22. The van der Waals surface area contributed by atoms with Gasteiger partial charge < -0.3 is 4.90 Å². The van der Waals surface area contributed by atoms with Gasteiger partial charge in [-0.05, 0) is 15.9 Å². The van der Waals surface area contributed by atoms with Gasteiger partial charge >= 0.3 is 0 Å². The number of aromatic nitrogens is 2. The molecule has 0 spiro atoms. The van der Waals surface area contributed by atoms with Crippen LogP contribution in [0.3, 0.4) is 0 Å². The molecule has 6 heteroatoms. The molecule has 0 N–H and O–H groups in total. The van der Waals surface area contributed by atoms with Crippen molar-refractivity contribution in [3.05, 3.63) is 16.5 Å². The molecule has 0 fully saturated rings. The summed E-state index contributed by atoms with van der Waals surface area (Å²) in [4.78, 5) is 9.99. The normalized spacial score (nSPS) is 12.0. The summed E-state index contributed by atoms with van der Waals surface area (Å²) in [6, 6.07) is 1.64. The Kier molecular flexibility index (Phi) is 4.41. The summed E-state index contributed by atoms with van der Waals surface area (Å²) in [7, 11) is 1.59. The monoisotopic (exact) mass is 307 g/mol. The number of alkyl halides is 2. The maximum absolute atomic E-state index is 12.3. The second-order valence-corrected chi connectivity index (χ2v) is 5.71. The molecule has 96 valence electrons. The van der Waals surface area contributed by atoms with Crippen LogP contribution in [0.15, 0.2) is 10.7 Å². The summed E-state index contributed by atoms with van der Waals surface area (Å²) < 4.78 is 25.2. The van der Waals surface area contributed by atoms with Crippen LogP contribution in [0.1, 0.15) is 26.6 Å². The molecular formula is C11H16BrF2N3. The fourth-order valence-electron chi connectivity index (χ4n) is 1.24. The molecule has 0 atom stereocenters. The van der Waals surface area contributed by atoms with E-state index in [2.05, 4.69) is 25.9 Å². The first-order chi connectivity index (χ1) is 7.70. The molecule has 1 heterocycles. The molecule has 17 heavy (non-hydrogen) atoms. The lowest BCUT2D eigenvalue weighted by atomic mass is 9.96. The van der Waals surface area contributed by atoms with Crippen molar-refractivity contribution < 1.29 is 8.78 Å². The molecular weight excluding hydrogens is 292 g/mol. The molecule has 3 nitrogen and oxygen atoms in total. The van der Waals surface area contributed by atoms with Crippen LogP contribution in [-0.2, 0) is 5.41 Å². The molecule has 0 amide bonds. The van der Waals surface area contributed by atoms with Gasteiger partial charge in [-0.1, -0.05) is 20.8 Å². The Balaban J connectivity index is 3.05.